The average molecular weight is 359 g/mol. The molecule has 3 amide bonds. The summed E-state index contributed by atoms with van der Waals surface area (Å²) in [5, 5.41) is 6.61. The lowest BCUT2D eigenvalue weighted by atomic mass is 10.1. The van der Waals surface area contributed by atoms with Crippen molar-refractivity contribution in [2.45, 2.75) is 32.5 Å². The Bertz CT molecular complexity index is 635. The monoisotopic (exact) mass is 359 g/mol. The smallest absolute Gasteiger partial charge is 0.347 e. The Balaban J connectivity index is 2.54. The normalized spacial score (nSPS) is 11.6. The molecule has 0 bridgehead atoms. The Morgan fingerprint density at radius 1 is 0.880 bits per heavy atom. The number of carbonyl (C=O) groups excluding carboxylic acids is 3. The molecule has 1 rings (SSSR count). The number of rotatable bonds is 5. The molecule has 3 N–H and O–H groups in total. The van der Waals surface area contributed by atoms with Crippen LogP contribution in [0.2, 0.25) is 0 Å². The summed E-state index contributed by atoms with van der Waals surface area (Å²) >= 11 is 0. The largest absolute Gasteiger partial charge is 0.405 e. The van der Waals surface area contributed by atoms with Crippen LogP contribution < -0.4 is 16.0 Å². The lowest BCUT2D eigenvalue weighted by Gasteiger charge is -2.20. The van der Waals surface area contributed by atoms with E-state index in [4.69, 9.17) is 0 Å². The van der Waals surface area contributed by atoms with Gasteiger partial charge in [0.05, 0.1) is 6.54 Å². The van der Waals surface area contributed by atoms with Crippen molar-refractivity contribution in [1.82, 2.24) is 16.0 Å². The van der Waals surface area contributed by atoms with Gasteiger partial charge in [-0.1, -0.05) is 0 Å². The summed E-state index contributed by atoms with van der Waals surface area (Å²) in [6, 6.07) is 5.67. The first-order valence-electron chi connectivity index (χ1n) is 7.41. The highest BCUT2D eigenvalue weighted by molar-refractivity contribution is 5.99. The third-order valence-corrected chi connectivity index (χ3v) is 2.79. The zero-order valence-electron chi connectivity index (χ0n) is 14.1. The maximum absolute atomic E-state index is 12.0. The van der Waals surface area contributed by atoms with Gasteiger partial charge in [0.2, 0.25) is 5.91 Å². The molecule has 0 spiro atoms. The van der Waals surface area contributed by atoms with E-state index in [9.17, 15) is 27.6 Å². The number of nitrogens with one attached hydrogen (secondary N) is 3. The van der Waals surface area contributed by atoms with Gasteiger partial charge in [0.15, 0.2) is 0 Å². The van der Waals surface area contributed by atoms with Crippen molar-refractivity contribution < 1.29 is 27.6 Å². The van der Waals surface area contributed by atoms with E-state index in [2.05, 4.69) is 10.6 Å². The Morgan fingerprint density at radius 3 is 1.80 bits per heavy atom. The van der Waals surface area contributed by atoms with Gasteiger partial charge in [-0.3, -0.25) is 14.4 Å². The maximum atomic E-state index is 12.0. The Labute approximate surface area is 143 Å². The summed E-state index contributed by atoms with van der Waals surface area (Å²) in [5.74, 6) is -1.89. The van der Waals surface area contributed by atoms with Crippen LogP contribution in [0.3, 0.4) is 0 Å². The van der Waals surface area contributed by atoms with Gasteiger partial charge < -0.3 is 16.0 Å². The first kappa shape index (κ1) is 20.5. The maximum Gasteiger partial charge on any atom is 0.405 e. The van der Waals surface area contributed by atoms with E-state index in [1.807, 2.05) is 20.8 Å². The number of benzene rings is 1. The standard InChI is InChI=1S/C16H20F3N3O3/c1-15(2,3)22-14(25)11-6-4-10(5-7-11)13(24)20-8-12(23)21-9-16(17,18)19/h4-7H,8-9H2,1-3H3,(H,20,24)(H,21,23)(H,22,25). The van der Waals surface area contributed by atoms with Crippen LogP contribution in [-0.4, -0.2) is 42.5 Å². The third-order valence-electron chi connectivity index (χ3n) is 2.79. The number of carbonyl (C=O) groups is 3. The zero-order chi connectivity index (χ0) is 19.3. The van der Waals surface area contributed by atoms with Crippen LogP contribution in [0.15, 0.2) is 24.3 Å². The summed E-state index contributed by atoms with van der Waals surface area (Å²) in [6.45, 7) is 3.45. The highest BCUT2D eigenvalue weighted by Gasteiger charge is 2.27. The van der Waals surface area contributed by atoms with Crippen LogP contribution in [0.25, 0.3) is 0 Å². The highest BCUT2D eigenvalue weighted by atomic mass is 19.4. The van der Waals surface area contributed by atoms with Gasteiger partial charge in [-0.2, -0.15) is 13.2 Å². The van der Waals surface area contributed by atoms with Crippen molar-refractivity contribution in [2.75, 3.05) is 13.1 Å². The lowest BCUT2D eigenvalue weighted by Crippen LogP contribution is -2.41. The zero-order valence-corrected chi connectivity index (χ0v) is 14.1. The molecule has 0 aromatic heterocycles. The number of halogens is 3. The van der Waals surface area contributed by atoms with Gasteiger partial charge in [-0.25, -0.2) is 0 Å². The van der Waals surface area contributed by atoms with Crippen molar-refractivity contribution in [1.29, 1.82) is 0 Å². The molecule has 0 saturated carbocycles. The van der Waals surface area contributed by atoms with E-state index in [1.165, 1.54) is 24.3 Å². The topological polar surface area (TPSA) is 87.3 Å². The van der Waals surface area contributed by atoms with Crippen LogP contribution in [0.4, 0.5) is 13.2 Å². The van der Waals surface area contributed by atoms with Crippen molar-refractivity contribution in [2.24, 2.45) is 0 Å². The van der Waals surface area contributed by atoms with Crippen molar-refractivity contribution in [3.63, 3.8) is 0 Å². The van der Waals surface area contributed by atoms with Gasteiger partial charge in [-0.05, 0) is 45.0 Å². The molecule has 0 saturated heterocycles. The molecular weight excluding hydrogens is 339 g/mol. The van der Waals surface area contributed by atoms with Crippen molar-refractivity contribution in [3.8, 4) is 0 Å². The summed E-state index contributed by atoms with van der Waals surface area (Å²) in [4.78, 5) is 35.0. The molecule has 0 aliphatic heterocycles. The third kappa shape index (κ3) is 8.18. The van der Waals surface area contributed by atoms with E-state index in [0.717, 1.165) is 0 Å². The summed E-state index contributed by atoms with van der Waals surface area (Å²) in [7, 11) is 0. The van der Waals surface area contributed by atoms with E-state index in [-0.39, 0.29) is 11.5 Å². The Hall–Kier alpha value is -2.58. The van der Waals surface area contributed by atoms with E-state index in [1.54, 1.807) is 5.32 Å². The number of hydrogen-bond donors (Lipinski definition) is 3. The van der Waals surface area contributed by atoms with Gasteiger partial charge in [0.1, 0.15) is 6.54 Å². The minimum Gasteiger partial charge on any atom is -0.347 e. The molecule has 1 aromatic carbocycles. The molecule has 0 heterocycles. The van der Waals surface area contributed by atoms with Crippen LogP contribution in [0, 0.1) is 0 Å². The molecule has 25 heavy (non-hydrogen) atoms. The Morgan fingerprint density at radius 2 is 1.36 bits per heavy atom. The average Bonchev–Trinajstić information content (AvgIpc) is 2.48. The summed E-state index contributed by atoms with van der Waals surface area (Å²) in [6.07, 6.45) is -4.51. The van der Waals surface area contributed by atoms with Crippen molar-refractivity contribution >= 4 is 17.7 Å². The molecule has 9 heteroatoms. The van der Waals surface area contributed by atoms with Crippen LogP contribution >= 0.6 is 0 Å². The molecule has 0 radical (unpaired) electrons. The molecule has 0 unspecified atom stereocenters. The number of alkyl halides is 3. The molecule has 0 atom stereocenters. The van der Waals surface area contributed by atoms with Crippen LogP contribution in [0.1, 0.15) is 41.5 Å². The fourth-order valence-electron chi connectivity index (χ4n) is 1.71. The van der Waals surface area contributed by atoms with Gasteiger partial charge >= 0.3 is 6.18 Å². The van der Waals surface area contributed by atoms with Gasteiger partial charge in [0.25, 0.3) is 11.8 Å². The van der Waals surface area contributed by atoms with Crippen LogP contribution in [0.5, 0.6) is 0 Å². The molecule has 6 nitrogen and oxygen atoms in total. The van der Waals surface area contributed by atoms with Gasteiger partial charge in [0, 0.05) is 16.7 Å². The Kier molecular flexibility index (Phi) is 6.55. The number of amides is 3. The van der Waals surface area contributed by atoms with E-state index < -0.39 is 36.6 Å². The second kappa shape index (κ2) is 8.00. The van der Waals surface area contributed by atoms with E-state index in [0.29, 0.717) is 5.56 Å². The highest BCUT2D eigenvalue weighted by Crippen LogP contribution is 2.12. The number of hydrogen-bond acceptors (Lipinski definition) is 3. The van der Waals surface area contributed by atoms with Crippen molar-refractivity contribution in [3.05, 3.63) is 35.4 Å². The predicted octanol–water partition coefficient (Wildman–Crippen LogP) is 1.62. The minimum atomic E-state index is -4.51. The first-order valence-corrected chi connectivity index (χ1v) is 7.41. The fourth-order valence-corrected chi connectivity index (χ4v) is 1.71. The van der Waals surface area contributed by atoms with Gasteiger partial charge in [-0.15, -0.1) is 0 Å². The SMILES string of the molecule is CC(C)(C)NC(=O)c1ccc(C(=O)NCC(=O)NCC(F)(F)F)cc1. The molecular formula is C16H20F3N3O3. The minimum absolute atomic E-state index is 0.177. The molecule has 0 aliphatic carbocycles. The summed E-state index contributed by atoms with van der Waals surface area (Å²) in [5.41, 5.74) is 0.127. The molecule has 0 fully saturated rings. The second-order valence-electron chi connectivity index (χ2n) is 6.36. The molecule has 0 aliphatic rings. The molecule has 1 aromatic rings. The predicted molar refractivity (Wildman–Crippen MR) is 85.1 cm³/mol. The molecule has 138 valence electrons. The van der Waals surface area contributed by atoms with Crippen LogP contribution in [-0.2, 0) is 4.79 Å². The first-order chi connectivity index (χ1) is 11.4. The second-order valence-corrected chi connectivity index (χ2v) is 6.36. The summed E-state index contributed by atoms with van der Waals surface area (Å²) < 4.78 is 35.9. The fraction of sp³-hybridized carbons (Fsp3) is 0.438. The quantitative estimate of drug-likeness (QED) is 0.747. The van der Waals surface area contributed by atoms with E-state index >= 15 is 0 Å². The lowest BCUT2D eigenvalue weighted by molar-refractivity contribution is -0.137.